The zero-order valence-electron chi connectivity index (χ0n) is 11.2. The van der Waals surface area contributed by atoms with Crippen molar-refractivity contribution in [3.63, 3.8) is 0 Å². The topological polar surface area (TPSA) is 56.5 Å². The summed E-state index contributed by atoms with van der Waals surface area (Å²) in [5.74, 6) is 0. The van der Waals surface area contributed by atoms with Gasteiger partial charge in [0.1, 0.15) is 0 Å². The fourth-order valence-electron chi connectivity index (χ4n) is 1.76. The molecular formula is C14H20N2O2. The fraction of sp³-hybridized carbons (Fsp3) is 0.500. The maximum atomic E-state index is 9.75. The van der Waals surface area contributed by atoms with Gasteiger partial charge in [-0.25, -0.2) is 0 Å². The van der Waals surface area contributed by atoms with Gasteiger partial charge in [-0.05, 0) is 26.0 Å². The van der Waals surface area contributed by atoms with Crippen LogP contribution in [0.1, 0.15) is 31.1 Å². The lowest BCUT2D eigenvalue weighted by Crippen LogP contribution is -2.24. The molecule has 0 spiro atoms. The largest absolute Gasteiger partial charge is 0.389 e. The summed E-state index contributed by atoms with van der Waals surface area (Å²) < 4.78 is 5.31. The van der Waals surface area contributed by atoms with Crippen LogP contribution in [0, 0.1) is 11.3 Å². The maximum absolute atomic E-state index is 9.75. The van der Waals surface area contributed by atoms with Gasteiger partial charge in [0.15, 0.2) is 0 Å². The van der Waals surface area contributed by atoms with E-state index in [0.29, 0.717) is 18.8 Å². The summed E-state index contributed by atoms with van der Waals surface area (Å²) in [4.78, 5) is 2.00. The number of benzene rings is 1. The minimum Gasteiger partial charge on any atom is -0.389 e. The number of hydrogen-bond donors (Lipinski definition) is 1. The first kappa shape index (κ1) is 14.5. The van der Waals surface area contributed by atoms with Crippen LogP contribution in [0.4, 0.5) is 5.69 Å². The van der Waals surface area contributed by atoms with Gasteiger partial charge in [0.2, 0.25) is 0 Å². The number of aliphatic hydroxyl groups is 1. The van der Waals surface area contributed by atoms with E-state index in [9.17, 15) is 5.11 Å². The first-order chi connectivity index (χ1) is 8.60. The van der Waals surface area contributed by atoms with Crippen molar-refractivity contribution in [3.05, 3.63) is 29.3 Å². The Bertz CT molecular complexity index is 424. The molecule has 0 aliphatic heterocycles. The summed E-state index contributed by atoms with van der Waals surface area (Å²) >= 11 is 0. The second kappa shape index (κ2) is 7.00. The Morgan fingerprint density at radius 3 is 2.78 bits per heavy atom. The first-order valence-electron chi connectivity index (χ1n) is 6.11. The Kier molecular flexibility index (Phi) is 5.63. The standard InChI is InChI=1S/C14H20N2O2/c1-4-18-8-7-16(3)14-9-12(10-15)5-6-13(14)11(2)17/h5-6,9,11,17H,4,7-8H2,1-3H3/t11-/m1/s1. The molecule has 1 N–H and O–H groups in total. The third kappa shape index (κ3) is 3.73. The molecule has 0 radical (unpaired) electrons. The number of likely N-dealkylation sites (N-methyl/N-ethyl adjacent to an activating group) is 1. The van der Waals surface area contributed by atoms with Crippen molar-refractivity contribution in [2.75, 3.05) is 31.7 Å². The minimum absolute atomic E-state index is 0.553. The zero-order valence-corrected chi connectivity index (χ0v) is 11.2. The molecule has 1 rings (SSSR count). The van der Waals surface area contributed by atoms with Crippen molar-refractivity contribution in [2.24, 2.45) is 0 Å². The van der Waals surface area contributed by atoms with Gasteiger partial charge in [-0.2, -0.15) is 5.26 Å². The smallest absolute Gasteiger partial charge is 0.0992 e. The van der Waals surface area contributed by atoms with Crippen LogP contribution in [0.2, 0.25) is 0 Å². The highest BCUT2D eigenvalue weighted by Crippen LogP contribution is 2.26. The zero-order chi connectivity index (χ0) is 13.5. The lowest BCUT2D eigenvalue weighted by Gasteiger charge is -2.23. The van der Waals surface area contributed by atoms with Gasteiger partial charge in [0.25, 0.3) is 0 Å². The van der Waals surface area contributed by atoms with Gasteiger partial charge >= 0.3 is 0 Å². The molecule has 0 saturated heterocycles. The second-order valence-electron chi connectivity index (χ2n) is 4.18. The van der Waals surface area contributed by atoms with Crippen LogP contribution in [0.5, 0.6) is 0 Å². The molecule has 18 heavy (non-hydrogen) atoms. The fourth-order valence-corrected chi connectivity index (χ4v) is 1.76. The monoisotopic (exact) mass is 248 g/mol. The molecule has 0 bridgehead atoms. The lowest BCUT2D eigenvalue weighted by atomic mass is 10.0. The molecule has 1 aromatic carbocycles. The highest BCUT2D eigenvalue weighted by molar-refractivity contribution is 5.58. The number of nitriles is 1. The van der Waals surface area contributed by atoms with Gasteiger partial charge in [-0.3, -0.25) is 0 Å². The van der Waals surface area contributed by atoms with Crippen molar-refractivity contribution in [2.45, 2.75) is 20.0 Å². The van der Waals surface area contributed by atoms with Gasteiger partial charge in [0, 0.05) is 31.5 Å². The second-order valence-corrected chi connectivity index (χ2v) is 4.18. The van der Waals surface area contributed by atoms with Crippen molar-refractivity contribution < 1.29 is 9.84 Å². The predicted molar refractivity (Wildman–Crippen MR) is 71.6 cm³/mol. The Morgan fingerprint density at radius 2 is 2.22 bits per heavy atom. The van der Waals surface area contributed by atoms with Gasteiger partial charge < -0.3 is 14.7 Å². The van der Waals surface area contributed by atoms with Crippen molar-refractivity contribution in [1.29, 1.82) is 5.26 Å². The number of rotatable bonds is 6. The predicted octanol–water partition coefficient (Wildman–Crippen LogP) is 2.08. The van der Waals surface area contributed by atoms with Gasteiger partial charge in [-0.1, -0.05) is 6.07 Å². The molecule has 0 unspecified atom stereocenters. The molecule has 0 aliphatic carbocycles. The van der Waals surface area contributed by atoms with E-state index in [4.69, 9.17) is 10.00 Å². The third-order valence-electron chi connectivity index (χ3n) is 2.80. The van der Waals surface area contributed by atoms with Crippen LogP contribution < -0.4 is 4.90 Å². The van der Waals surface area contributed by atoms with E-state index in [-0.39, 0.29) is 0 Å². The average molecular weight is 248 g/mol. The van der Waals surface area contributed by atoms with Gasteiger partial charge in [0.05, 0.1) is 24.3 Å². The van der Waals surface area contributed by atoms with Crippen LogP contribution >= 0.6 is 0 Å². The molecule has 1 atom stereocenters. The van der Waals surface area contributed by atoms with E-state index in [0.717, 1.165) is 17.8 Å². The summed E-state index contributed by atoms with van der Waals surface area (Å²) in [6, 6.07) is 7.44. The molecule has 1 aromatic rings. The van der Waals surface area contributed by atoms with Crippen LogP contribution in [-0.2, 0) is 4.74 Å². The molecule has 4 heteroatoms. The van der Waals surface area contributed by atoms with Crippen molar-refractivity contribution in [1.82, 2.24) is 0 Å². The van der Waals surface area contributed by atoms with Crippen LogP contribution in [0.25, 0.3) is 0 Å². The Labute approximate surface area is 108 Å². The maximum Gasteiger partial charge on any atom is 0.0992 e. The van der Waals surface area contributed by atoms with E-state index in [1.165, 1.54) is 0 Å². The molecule has 0 aliphatic rings. The lowest BCUT2D eigenvalue weighted by molar-refractivity contribution is 0.154. The van der Waals surface area contributed by atoms with E-state index >= 15 is 0 Å². The van der Waals surface area contributed by atoms with Gasteiger partial charge in [-0.15, -0.1) is 0 Å². The molecule has 98 valence electrons. The number of nitrogens with zero attached hydrogens (tertiary/aromatic N) is 2. The van der Waals surface area contributed by atoms with E-state index in [2.05, 4.69) is 6.07 Å². The number of hydrogen-bond acceptors (Lipinski definition) is 4. The number of aliphatic hydroxyl groups excluding tert-OH is 1. The molecule has 0 amide bonds. The average Bonchev–Trinajstić information content (AvgIpc) is 2.38. The SMILES string of the molecule is CCOCCN(C)c1cc(C#N)ccc1[C@@H](C)O. The molecular weight excluding hydrogens is 228 g/mol. The third-order valence-corrected chi connectivity index (χ3v) is 2.80. The van der Waals surface area contributed by atoms with E-state index in [1.807, 2.05) is 18.9 Å². The van der Waals surface area contributed by atoms with Crippen LogP contribution in [-0.4, -0.2) is 31.9 Å². The van der Waals surface area contributed by atoms with Crippen molar-refractivity contribution in [3.8, 4) is 6.07 Å². The molecule has 0 heterocycles. The minimum atomic E-state index is -0.553. The quantitative estimate of drug-likeness (QED) is 0.783. The Morgan fingerprint density at radius 1 is 1.50 bits per heavy atom. The molecule has 4 nitrogen and oxygen atoms in total. The highest BCUT2D eigenvalue weighted by atomic mass is 16.5. The Balaban J connectivity index is 2.93. The summed E-state index contributed by atoms with van der Waals surface area (Å²) in [5.41, 5.74) is 2.30. The number of ether oxygens (including phenoxy) is 1. The summed E-state index contributed by atoms with van der Waals surface area (Å²) in [7, 11) is 1.93. The normalized spacial score (nSPS) is 11.9. The van der Waals surface area contributed by atoms with Crippen molar-refractivity contribution >= 4 is 5.69 Å². The summed E-state index contributed by atoms with van der Waals surface area (Å²) in [5, 5.41) is 18.7. The van der Waals surface area contributed by atoms with E-state index in [1.54, 1.807) is 25.1 Å². The summed E-state index contributed by atoms with van der Waals surface area (Å²) in [6.07, 6.45) is -0.553. The molecule has 0 fully saturated rings. The molecule has 0 saturated carbocycles. The first-order valence-corrected chi connectivity index (χ1v) is 6.11. The number of anilines is 1. The van der Waals surface area contributed by atoms with Crippen LogP contribution in [0.3, 0.4) is 0 Å². The van der Waals surface area contributed by atoms with Crippen LogP contribution in [0.15, 0.2) is 18.2 Å². The Hall–Kier alpha value is -1.57. The highest BCUT2D eigenvalue weighted by Gasteiger charge is 2.12. The molecule has 0 aromatic heterocycles. The summed E-state index contributed by atoms with van der Waals surface area (Å²) in [6.45, 7) is 5.72. The van der Waals surface area contributed by atoms with E-state index < -0.39 is 6.10 Å².